The van der Waals surface area contributed by atoms with E-state index in [2.05, 4.69) is 0 Å². The van der Waals surface area contributed by atoms with Crippen molar-refractivity contribution in [2.24, 2.45) is 0 Å². The standard InChI is InChI=1S/C16H22O5/c1-13-4-6-14(7-5-13)16(20-11-12-21-16)8-2-3-15(18)19-10-9-17/h4-7,17H,2-3,8-12H2,1H3. The van der Waals surface area contributed by atoms with Gasteiger partial charge in [-0.3, -0.25) is 4.79 Å². The van der Waals surface area contributed by atoms with Crippen LogP contribution < -0.4 is 0 Å². The summed E-state index contributed by atoms with van der Waals surface area (Å²) in [6.45, 7) is 3.05. The van der Waals surface area contributed by atoms with E-state index in [0.717, 1.165) is 5.56 Å². The summed E-state index contributed by atoms with van der Waals surface area (Å²) in [5, 5.41) is 8.61. The number of aliphatic hydroxyl groups excluding tert-OH is 1. The molecule has 5 heteroatoms. The average Bonchev–Trinajstić information content (AvgIpc) is 2.96. The number of rotatable bonds is 7. The van der Waals surface area contributed by atoms with Gasteiger partial charge in [-0.25, -0.2) is 0 Å². The predicted octanol–water partition coefficient (Wildman–Crippen LogP) is 1.90. The first kappa shape index (κ1) is 15.9. The minimum absolute atomic E-state index is 0.0505. The molecule has 116 valence electrons. The van der Waals surface area contributed by atoms with E-state index >= 15 is 0 Å². The van der Waals surface area contributed by atoms with Crippen LogP contribution in [0.25, 0.3) is 0 Å². The first-order chi connectivity index (χ1) is 10.2. The van der Waals surface area contributed by atoms with Gasteiger partial charge in [-0.05, 0) is 13.3 Å². The second-order valence-corrected chi connectivity index (χ2v) is 5.11. The zero-order chi connectivity index (χ0) is 15.1. The zero-order valence-electron chi connectivity index (χ0n) is 12.3. The van der Waals surface area contributed by atoms with Gasteiger partial charge in [-0.2, -0.15) is 0 Å². The summed E-state index contributed by atoms with van der Waals surface area (Å²) < 4.78 is 16.5. The van der Waals surface area contributed by atoms with Crippen LogP contribution in [0.15, 0.2) is 24.3 Å². The number of carbonyl (C=O) groups is 1. The van der Waals surface area contributed by atoms with E-state index in [1.807, 2.05) is 31.2 Å². The molecule has 0 spiro atoms. The lowest BCUT2D eigenvalue weighted by atomic mass is 9.98. The molecule has 0 saturated carbocycles. The molecule has 1 aliphatic rings. The highest BCUT2D eigenvalue weighted by Gasteiger charge is 2.38. The number of aryl methyl sites for hydroxylation is 1. The molecule has 1 N–H and O–H groups in total. The minimum atomic E-state index is -0.745. The number of hydrogen-bond donors (Lipinski definition) is 1. The zero-order valence-corrected chi connectivity index (χ0v) is 12.3. The van der Waals surface area contributed by atoms with Crippen molar-refractivity contribution < 1.29 is 24.1 Å². The summed E-state index contributed by atoms with van der Waals surface area (Å²) in [6.07, 6.45) is 1.50. The lowest BCUT2D eigenvalue weighted by Gasteiger charge is -2.28. The van der Waals surface area contributed by atoms with Gasteiger partial charge in [-0.1, -0.05) is 29.8 Å². The van der Waals surface area contributed by atoms with Gasteiger partial charge in [0, 0.05) is 18.4 Å². The van der Waals surface area contributed by atoms with Gasteiger partial charge in [0.15, 0.2) is 5.79 Å². The Balaban J connectivity index is 1.93. The maximum absolute atomic E-state index is 11.4. The van der Waals surface area contributed by atoms with E-state index in [1.165, 1.54) is 5.56 Å². The first-order valence-corrected chi connectivity index (χ1v) is 7.28. The summed E-state index contributed by atoms with van der Waals surface area (Å²) in [5.41, 5.74) is 2.16. The summed E-state index contributed by atoms with van der Waals surface area (Å²) in [4.78, 5) is 11.4. The number of benzene rings is 1. The Morgan fingerprint density at radius 3 is 2.57 bits per heavy atom. The molecule has 1 fully saturated rings. The van der Waals surface area contributed by atoms with Crippen LogP contribution in [-0.2, 0) is 24.8 Å². The molecule has 1 aromatic rings. The topological polar surface area (TPSA) is 65.0 Å². The van der Waals surface area contributed by atoms with Gasteiger partial charge in [0.05, 0.1) is 19.8 Å². The van der Waals surface area contributed by atoms with Crippen molar-refractivity contribution in [3.63, 3.8) is 0 Å². The van der Waals surface area contributed by atoms with Crippen LogP contribution >= 0.6 is 0 Å². The second kappa shape index (κ2) is 7.54. The van der Waals surface area contributed by atoms with Crippen molar-refractivity contribution in [3.8, 4) is 0 Å². The first-order valence-electron chi connectivity index (χ1n) is 7.28. The normalized spacial score (nSPS) is 16.9. The molecule has 1 aromatic carbocycles. The number of hydrogen-bond acceptors (Lipinski definition) is 5. The molecule has 1 aliphatic heterocycles. The Bertz CT molecular complexity index is 448. The van der Waals surface area contributed by atoms with Gasteiger partial charge in [0.2, 0.25) is 0 Å². The largest absolute Gasteiger partial charge is 0.463 e. The fourth-order valence-electron chi connectivity index (χ4n) is 2.41. The van der Waals surface area contributed by atoms with Gasteiger partial charge >= 0.3 is 5.97 Å². The van der Waals surface area contributed by atoms with Crippen molar-refractivity contribution in [2.45, 2.75) is 32.0 Å². The Hall–Kier alpha value is -1.43. The number of esters is 1. The Labute approximate surface area is 124 Å². The maximum Gasteiger partial charge on any atom is 0.305 e. The second-order valence-electron chi connectivity index (χ2n) is 5.11. The predicted molar refractivity (Wildman–Crippen MR) is 76.7 cm³/mol. The summed E-state index contributed by atoms with van der Waals surface area (Å²) in [5.74, 6) is -1.05. The summed E-state index contributed by atoms with van der Waals surface area (Å²) in [6, 6.07) is 8.06. The van der Waals surface area contributed by atoms with Crippen LogP contribution in [0.5, 0.6) is 0 Å². The Kier molecular flexibility index (Phi) is 5.73. The smallest absolute Gasteiger partial charge is 0.305 e. The third-order valence-electron chi connectivity index (χ3n) is 3.49. The minimum Gasteiger partial charge on any atom is -0.463 e. The third kappa shape index (κ3) is 4.27. The lowest BCUT2D eigenvalue weighted by molar-refractivity contribution is -0.173. The molecule has 1 saturated heterocycles. The number of aliphatic hydroxyl groups is 1. The van der Waals surface area contributed by atoms with Gasteiger partial charge in [0.1, 0.15) is 6.61 Å². The SMILES string of the molecule is Cc1ccc(C2(CCCC(=O)OCCO)OCCO2)cc1. The van der Waals surface area contributed by atoms with Crippen LogP contribution in [0, 0.1) is 6.92 Å². The van der Waals surface area contributed by atoms with E-state index in [1.54, 1.807) is 0 Å². The Morgan fingerprint density at radius 2 is 1.95 bits per heavy atom. The van der Waals surface area contributed by atoms with E-state index in [0.29, 0.717) is 32.5 Å². The van der Waals surface area contributed by atoms with Crippen LogP contribution in [0.1, 0.15) is 30.4 Å². The van der Waals surface area contributed by atoms with Crippen LogP contribution in [0.3, 0.4) is 0 Å². The number of carbonyl (C=O) groups excluding carboxylic acids is 1. The van der Waals surface area contributed by atoms with E-state index in [9.17, 15) is 4.79 Å². The van der Waals surface area contributed by atoms with Gasteiger partial charge in [0.25, 0.3) is 0 Å². The Morgan fingerprint density at radius 1 is 1.29 bits per heavy atom. The van der Waals surface area contributed by atoms with Crippen molar-refractivity contribution in [1.29, 1.82) is 0 Å². The van der Waals surface area contributed by atoms with E-state index in [4.69, 9.17) is 19.3 Å². The molecule has 21 heavy (non-hydrogen) atoms. The molecule has 5 nitrogen and oxygen atoms in total. The molecule has 2 rings (SSSR count). The van der Waals surface area contributed by atoms with Crippen LogP contribution in [0.4, 0.5) is 0 Å². The highest BCUT2D eigenvalue weighted by molar-refractivity contribution is 5.69. The maximum atomic E-state index is 11.4. The van der Waals surface area contributed by atoms with Gasteiger partial charge in [-0.15, -0.1) is 0 Å². The molecular weight excluding hydrogens is 272 g/mol. The highest BCUT2D eigenvalue weighted by atomic mass is 16.7. The monoisotopic (exact) mass is 294 g/mol. The fraction of sp³-hybridized carbons (Fsp3) is 0.562. The molecule has 0 unspecified atom stereocenters. The van der Waals surface area contributed by atoms with E-state index in [-0.39, 0.29) is 19.2 Å². The average molecular weight is 294 g/mol. The van der Waals surface area contributed by atoms with Crippen molar-refractivity contribution in [1.82, 2.24) is 0 Å². The molecule has 0 amide bonds. The highest BCUT2D eigenvalue weighted by Crippen LogP contribution is 2.36. The van der Waals surface area contributed by atoms with Gasteiger partial charge < -0.3 is 19.3 Å². The lowest BCUT2D eigenvalue weighted by Crippen LogP contribution is -2.27. The summed E-state index contributed by atoms with van der Waals surface area (Å²) >= 11 is 0. The molecule has 1 heterocycles. The van der Waals surface area contributed by atoms with Crippen LogP contribution in [0.2, 0.25) is 0 Å². The number of ether oxygens (including phenoxy) is 3. The molecule has 0 atom stereocenters. The van der Waals surface area contributed by atoms with Crippen molar-refractivity contribution in [2.75, 3.05) is 26.4 Å². The fourth-order valence-corrected chi connectivity index (χ4v) is 2.41. The van der Waals surface area contributed by atoms with Crippen LogP contribution in [-0.4, -0.2) is 37.5 Å². The van der Waals surface area contributed by atoms with E-state index < -0.39 is 5.79 Å². The quantitative estimate of drug-likeness (QED) is 0.778. The molecule has 0 aromatic heterocycles. The molecule has 0 radical (unpaired) electrons. The third-order valence-corrected chi connectivity index (χ3v) is 3.49. The van der Waals surface area contributed by atoms with Crippen molar-refractivity contribution in [3.05, 3.63) is 35.4 Å². The molecular formula is C16H22O5. The molecule has 0 aliphatic carbocycles. The summed E-state index contributed by atoms with van der Waals surface area (Å²) in [7, 11) is 0. The van der Waals surface area contributed by atoms with Crippen molar-refractivity contribution >= 4 is 5.97 Å². The molecule has 0 bridgehead atoms.